The molecule has 0 aromatic heterocycles. The van der Waals surface area contributed by atoms with Gasteiger partial charge in [-0.25, -0.2) is 52.7 Å². The van der Waals surface area contributed by atoms with E-state index in [1.807, 2.05) is 0 Å². The first-order chi connectivity index (χ1) is 20.7. The molecule has 0 heterocycles. The van der Waals surface area contributed by atoms with E-state index < -0.39 is 138 Å². The van der Waals surface area contributed by atoms with E-state index in [1.165, 1.54) is 0 Å². The molecule has 0 saturated carbocycles. The minimum absolute atomic E-state index is 0. The van der Waals surface area contributed by atoms with Crippen molar-refractivity contribution in [2.24, 2.45) is 0 Å². The van der Waals surface area contributed by atoms with Gasteiger partial charge in [-0.1, -0.05) is 92.8 Å². The van der Waals surface area contributed by atoms with Crippen molar-refractivity contribution >= 4 is 121 Å². The molecule has 0 aliphatic carbocycles. The van der Waals surface area contributed by atoms with Crippen LogP contribution in [0, 0.1) is 69.8 Å². The number of halogens is 20. The third-order valence-electron chi connectivity index (χ3n) is 6.71. The summed E-state index contributed by atoms with van der Waals surface area (Å²) in [6.07, 6.45) is -5.97. The van der Waals surface area contributed by atoms with Crippen molar-refractivity contribution in [1.82, 2.24) is 0 Å². The van der Waals surface area contributed by atoms with Crippen LogP contribution in [0.25, 0.3) is 0 Å². The van der Waals surface area contributed by atoms with Gasteiger partial charge in [0, 0.05) is 0 Å². The summed E-state index contributed by atoms with van der Waals surface area (Å²) in [5.74, 6) is -30.0. The predicted octanol–water partition coefficient (Wildman–Crippen LogP) is 6.96. The van der Waals surface area contributed by atoms with Crippen LogP contribution in [0.5, 0.6) is 0 Å². The van der Waals surface area contributed by atoms with Gasteiger partial charge in [0.2, 0.25) is 0 Å². The predicted molar refractivity (Wildman–Crippen MR) is 150 cm³/mol. The van der Waals surface area contributed by atoms with E-state index >= 15 is 35.1 Å². The van der Waals surface area contributed by atoms with Gasteiger partial charge in [0.15, 0.2) is 23.3 Å². The average Bonchev–Trinajstić information content (AvgIpc) is 3.00. The Morgan fingerprint density at radius 2 is 0.348 bits per heavy atom. The molecule has 0 radical (unpaired) electrons. The van der Waals surface area contributed by atoms with Crippen molar-refractivity contribution in [2.45, 2.75) is 0 Å². The SMILES string of the molecule is Fc1c(Cl)c(F)c([B-](c2c(F)c(Cl)c(F)c(Cl)c2F)(c2c(F)c(Cl)c(F)c(Cl)c2F)c2c(F)c(Cl)c(F)c(Cl)c2F)c(F)c1Cl.[Na+]. The summed E-state index contributed by atoms with van der Waals surface area (Å²) in [6, 6.07) is 0. The molecule has 0 nitrogen and oxygen atoms in total. The van der Waals surface area contributed by atoms with E-state index in [4.69, 9.17) is 92.8 Å². The molecule has 46 heavy (non-hydrogen) atoms. The second-order valence-corrected chi connectivity index (χ2v) is 11.8. The fraction of sp³-hybridized carbons (Fsp3) is 0. The molecule has 0 amide bonds. The molecule has 4 aromatic carbocycles. The number of hydrogen-bond donors (Lipinski definition) is 0. The Bertz CT molecular complexity index is 1600. The van der Waals surface area contributed by atoms with Gasteiger partial charge in [0.1, 0.15) is 92.9 Å². The smallest absolute Gasteiger partial charge is 0.209 e. The Balaban J connectivity index is 0.00000576. The maximum atomic E-state index is 16.1. The Morgan fingerprint density at radius 1 is 0.239 bits per heavy atom. The Hall–Kier alpha value is -0.575. The monoisotopic (exact) mass is 830 g/mol. The molecule has 22 heteroatoms. The molecule has 0 atom stereocenters. The molecule has 0 fully saturated rings. The summed E-state index contributed by atoms with van der Waals surface area (Å²) in [4.78, 5) is 0. The van der Waals surface area contributed by atoms with Crippen molar-refractivity contribution in [3.63, 3.8) is 0 Å². The van der Waals surface area contributed by atoms with Gasteiger partial charge in [-0.3, -0.25) is 0 Å². The Morgan fingerprint density at radius 3 is 0.457 bits per heavy atom. The largest absolute Gasteiger partial charge is 1.00 e. The first kappa shape index (κ1) is 39.9. The molecule has 0 unspecified atom stereocenters. The fourth-order valence-corrected chi connectivity index (χ4v) is 6.64. The van der Waals surface area contributed by atoms with Crippen LogP contribution >= 0.6 is 92.8 Å². The minimum atomic E-state index is -5.97. The zero-order valence-electron chi connectivity index (χ0n) is 21.1. The molecule has 4 aromatic rings. The van der Waals surface area contributed by atoms with Crippen molar-refractivity contribution in [3.05, 3.63) is 110 Å². The topological polar surface area (TPSA) is 0 Å². The van der Waals surface area contributed by atoms with E-state index in [9.17, 15) is 17.6 Å². The van der Waals surface area contributed by atoms with Crippen molar-refractivity contribution in [3.8, 4) is 0 Å². The quantitative estimate of drug-likeness (QED) is 0.0904. The first-order valence-corrected chi connectivity index (χ1v) is 14.0. The van der Waals surface area contributed by atoms with Crippen LogP contribution in [-0.4, -0.2) is 6.15 Å². The minimum Gasteiger partial charge on any atom is -0.209 e. The second-order valence-electron chi connectivity index (χ2n) is 8.80. The van der Waals surface area contributed by atoms with Crippen molar-refractivity contribution in [2.75, 3.05) is 0 Å². The Labute approximate surface area is 310 Å². The molecule has 0 bridgehead atoms. The molecule has 0 aliphatic heterocycles. The summed E-state index contributed by atoms with van der Waals surface area (Å²) in [6.45, 7) is 0. The molecule has 0 N–H and O–H groups in total. The number of rotatable bonds is 4. The van der Waals surface area contributed by atoms with Gasteiger partial charge in [0.25, 0.3) is 0 Å². The van der Waals surface area contributed by atoms with Crippen LogP contribution in [0.1, 0.15) is 0 Å². The summed E-state index contributed by atoms with van der Waals surface area (Å²) in [5.41, 5.74) is -9.79. The summed E-state index contributed by atoms with van der Waals surface area (Å²) < 4.78 is 187. The van der Waals surface area contributed by atoms with Gasteiger partial charge in [0.05, 0.1) is 0 Å². The molecule has 0 spiro atoms. The van der Waals surface area contributed by atoms with Crippen LogP contribution in [0.15, 0.2) is 0 Å². The van der Waals surface area contributed by atoms with E-state index in [0.717, 1.165) is 0 Å². The first-order valence-electron chi connectivity index (χ1n) is 10.9. The van der Waals surface area contributed by atoms with Gasteiger partial charge in [-0.2, -0.15) is 0 Å². The zero-order chi connectivity index (χ0) is 34.4. The van der Waals surface area contributed by atoms with E-state index in [1.54, 1.807) is 0 Å². The van der Waals surface area contributed by atoms with Gasteiger partial charge < -0.3 is 0 Å². The molecule has 240 valence electrons. The van der Waals surface area contributed by atoms with Crippen molar-refractivity contribution < 1.29 is 82.2 Å². The standard InChI is InChI=1S/C24BCl8F12.Na/c26-5-13(34)1(14(35)6(27)21(5)42)25(2-15(36)7(28)22(43)8(29)16(2)37,3-17(38)9(30)23(44)10(31)18(3)39)4-19(40)11(32)24(45)12(33)20(4)41;/q-1;+1. The van der Waals surface area contributed by atoms with Gasteiger partial charge >= 0.3 is 29.6 Å². The zero-order valence-corrected chi connectivity index (χ0v) is 29.2. The second kappa shape index (κ2) is 14.0. The average molecular weight is 834 g/mol. The van der Waals surface area contributed by atoms with Crippen LogP contribution < -0.4 is 51.4 Å². The molecule has 4 rings (SSSR count). The third kappa shape index (κ3) is 5.48. The number of hydrogen-bond acceptors (Lipinski definition) is 0. The van der Waals surface area contributed by atoms with Crippen LogP contribution in [-0.2, 0) is 0 Å². The normalized spacial score (nSPS) is 11.7. The maximum Gasteiger partial charge on any atom is 1.00 e. The van der Waals surface area contributed by atoms with Crippen molar-refractivity contribution in [1.29, 1.82) is 0 Å². The Kier molecular flexibility index (Phi) is 12.1. The summed E-state index contributed by atoms with van der Waals surface area (Å²) in [7, 11) is 0. The van der Waals surface area contributed by atoms with Crippen LogP contribution in [0.3, 0.4) is 0 Å². The van der Waals surface area contributed by atoms with Crippen LogP contribution in [0.2, 0.25) is 40.2 Å². The maximum absolute atomic E-state index is 16.1. The summed E-state index contributed by atoms with van der Waals surface area (Å²) >= 11 is 44.3. The van der Waals surface area contributed by atoms with E-state index in [-0.39, 0.29) is 29.6 Å². The molecular formula is C24BCl8F12Na. The van der Waals surface area contributed by atoms with E-state index in [2.05, 4.69) is 0 Å². The van der Waals surface area contributed by atoms with Gasteiger partial charge in [-0.15, -0.1) is 21.9 Å². The van der Waals surface area contributed by atoms with E-state index in [0.29, 0.717) is 0 Å². The fourth-order valence-electron chi connectivity index (χ4n) is 4.87. The third-order valence-corrected chi connectivity index (χ3v) is 9.36. The van der Waals surface area contributed by atoms with Crippen LogP contribution in [0.4, 0.5) is 52.7 Å². The summed E-state index contributed by atoms with van der Waals surface area (Å²) in [5, 5.41) is -15.6. The molecular weight excluding hydrogens is 834 g/mol. The number of benzene rings is 4. The van der Waals surface area contributed by atoms with Gasteiger partial charge in [-0.05, 0) is 0 Å². The molecule has 0 saturated heterocycles. The molecule has 0 aliphatic rings.